The summed E-state index contributed by atoms with van der Waals surface area (Å²) in [4.78, 5) is 22.0. The standard InChI is InChI=1S/C13H20N4O3/c1-13(2,3)20-12(18)17-6-5-9(17)8-7-15-11(19-4)10(14)16-8/h7,9H,5-6H2,1-4H3,(H2,14,16). The average molecular weight is 280 g/mol. The van der Waals surface area contributed by atoms with Gasteiger partial charge in [-0.1, -0.05) is 0 Å². The molecule has 1 aromatic rings. The van der Waals surface area contributed by atoms with E-state index in [9.17, 15) is 4.79 Å². The number of likely N-dealkylation sites (tertiary alicyclic amines) is 1. The predicted molar refractivity (Wildman–Crippen MR) is 73.3 cm³/mol. The van der Waals surface area contributed by atoms with Gasteiger partial charge in [-0.3, -0.25) is 4.90 Å². The van der Waals surface area contributed by atoms with Gasteiger partial charge in [0.05, 0.1) is 25.0 Å². The number of ether oxygens (including phenoxy) is 2. The van der Waals surface area contributed by atoms with Crippen molar-refractivity contribution in [1.82, 2.24) is 14.9 Å². The summed E-state index contributed by atoms with van der Waals surface area (Å²) in [6.45, 7) is 6.16. The minimum atomic E-state index is -0.512. The van der Waals surface area contributed by atoms with Gasteiger partial charge in [-0.15, -0.1) is 0 Å². The zero-order valence-electron chi connectivity index (χ0n) is 12.2. The lowest BCUT2D eigenvalue weighted by molar-refractivity contribution is -0.00657. The van der Waals surface area contributed by atoms with Crippen molar-refractivity contribution in [2.45, 2.75) is 38.8 Å². The fraction of sp³-hybridized carbons (Fsp3) is 0.615. The summed E-state index contributed by atoms with van der Waals surface area (Å²) >= 11 is 0. The predicted octanol–water partition coefficient (Wildman–Crippen LogP) is 1.75. The van der Waals surface area contributed by atoms with Gasteiger partial charge in [0.2, 0.25) is 0 Å². The minimum Gasteiger partial charge on any atom is -0.478 e. The van der Waals surface area contributed by atoms with Gasteiger partial charge in [-0.05, 0) is 27.2 Å². The van der Waals surface area contributed by atoms with Crippen LogP contribution in [0.3, 0.4) is 0 Å². The normalized spacial score (nSPS) is 18.4. The van der Waals surface area contributed by atoms with E-state index in [2.05, 4.69) is 9.97 Å². The third-order valence-corrected chi connectivity index (χ3v) is 2.97. The number of methoxy groups -OCH3 is 1. The quantitative estimate of drug-likeness (QED) is 0.887. The molecular weight excluding hydrogens is 260 g/mol. The van der Waals surface area contributed by atoms with E-state index < -0.39 is 5.60 Å². The number of nitrogen functional groups attached to an aromatic ring is 1. The number of hydrogen-bond acceptors (Lipinski definition) is 6. The first-order chi connectivity index (χ1) is 9.31. The molecule has 0 spiro atoms. The number of carbonyl (C=O) groups excluding carboxylic acids is 1. The van der Waals surface area contributed by atoms with Crippen molar-refractivity contribution in [2.75, 3.05) is 19.4 Å². The SMILES string of the molecule is COc1ncc(C2CCN2C(=O)OC(C)(C)C)nc1N. The lowest BCUT2D eigenvalue weighted by Crippen LogP contribution is -2.47. The molecular formula is C13H20N4O3. The Morgan fingerprint density at radius 3 is 2.65 bits per heavy atom. The fourth-order valence-electron chi connectivity index (χ4n) is 1.96. The maximum absolute atomic E-state index is 12.0. The van der Waals surface area contributed by atoms with Crippen LogP contribution >= 0.6 is 0 Å². The van der Waals surface area contributed by atoms with Crippen LogP contribution in [-0.2, 0) is 4.74 Å². The summed E-state index contributed by atoms with van der Waals surface area (Å²) in [5.41, 5.74) is 5.88. The highest BCUT2D eigenvalue weighted by molar-refractivity contribution is 5.69. The molecule has 0 radical (unpaired) electrons. The molecule has 0 aromatic carbocycles. The van der Waals surface area contributed by atoms with E-state index in [1.165, 1.54) is 7.11 Å². The third kappa shape index (κ3) is 2.92. The second-order valence-electron chi connectivity index (χ2n) is 5.67. The van der Waals surface area contributed by atoms with Crippen LogP contribution in [0.15, 0.2) is 6.20 Å². The summed E-state index contributed by atoms with van der Waals surface area (Å²) in [5, 5.41) is 0. The Bertz CT molecular complexity index is 513. The second-order valence-corrected chi connectivity index (χ2v) is 5.67. The molecule has 2 rings (SSSR count). The Morgan fingerprint density at radius 2 is 2.20 bits per heavy atom. The molecule has 1 saturated heterocycles. The number of carbonyl (C=O) groups is 1. The van der Waals surface area contributed by atoms with Crippen molar-refractivity contribution in [3.63, 3.8) is 0 Å². The molecule has 110 valence electrons. The van der Waals surface area contributed by atoms with Crippen molar-refractivity contribution < 1.29 is 14.3 Å². The molecule has 0 bridgehead atoms. The van der Waals surface area contributed by atoms with Crippen LogP contribution in [0, 0.1) is 0 Å². The molecule has 1 aliphatic rings. The lowest BCUT2D eigenvalue weighted by atomic mass is 10.0. The van der Waals surface area contributed by atoms with Crippen molar-refractivity contribution in [3.8, 4) is 5.88 Å². The first-order valence-corrected chi connectivity index (χ1v) is 6.48. The average Bonchev–Trinajstić information content (AvgIpc) is 2.25. The Labute approximate surface area is 118 Å². The van der Waals surface area contributed by atoms with Gasteiger partial charge in [0.15, 0.2) is 5.82 Å². The van der Waals surface area contributed by atoms with E-state index >= 15 is 0 Å². The fourth-order valence-corrected chi connectivity index (χ4v) is 1.96. The van der Waals surface area contributed by atoms with Gasteiger partial charge in [0, 0.05) is 6.54 Å². The summed E-state index contributed by atoms with van der Waals surface area (Å²) in [5.74, 6) is 0.512. The number of nitrogens with zero attached hydrogens (tertiary/aromatic N) is 3. The van der Waals surface area contributed by atoms with E-state index in [0.29, 0.717) is 12.2 Å². The van der Waals surface area contributed by atoms with E-state index in [1.807, 2.05) is 20.8 Å². The summed E-state index contributed by atoms with van der Waals surface area (Å²) in [6.07, 6.45) is 2.06. The Morgan fingerprint density at radius 1 is 1.50 bits per heavy atom. The molecule has 1 aromatic heterocycles. The van der Waals surface area contributed by atoms with E-state index in [4.69, 9.17) is 15.2 Å². The van der Waals surface area contributed by atoms with Crippen molar-refractivity contribution in [1.29, 1.82) is 0 Å². The molecule has 2 heterocycles. The van der Waals surface area contributed by atoms with Crippen LogP contribution in [0.5, 0.6) is 5.88 Å². The molecule has 1 aliphatic heterocycles. The molecule has 1 fully saturated rings. The van der Waals surface area contributed by atoms with E-state index in [1.54, 1.807) is 11.1 Å². The van der Waals surface area contributed by atoms with Crippen LogP contribution in [0.25, 0.3) is 0 Å². The van der Waals surface area contributed by atoms with E-state index in [-0.39, 0.29) is 23.8 Å². The Balaban J connectivity index is 2.10. The number of anilines is 1. The maximum Gasteiger partial charge on any atom is 0.410 e. The molecule has 2 N–H and O–H groups in total. The molecule has 7 nitrogen and oxygen atoms in total. The lowest BCUT2D eigenvalue weighted by Gasteiger charge is -2.40. The Hall–Kier alpha value is -2.05. The molecule has 0 saturated carbocycles. The summed E-state index contributed by atoms with van der Waals surface area (Å²) in [6, 6.07) is -0.134. The van der Waals surface area contributed by atoms with Crippen LogP contribution in [0.2, 0.25) is 0 Å². The van der Waals surface area contributed by atoms with Gasteiger partial charge in [-0.2, -0.15) is 0 Å². The monoisotopic (exact) mass is 280 g/mol. The largest absolute Gasteiger partial charge is 0.478 e. The number of amides is 1. The number of hydrogen-bond donors (Lipinski definition) is 1. The maximum atomic E-state index is 12.0. The molecule has 7 heteroatoms. The summed E-state index contributed by atoms with van der Waals surface area (Å²) in [7, 11) is 1.48. The topological polar surface area (TPSA) is 90.6 Å². The van der Waals surface area contributed by atoms with Crippen LogP contribution in [-0.4, -0.2) is 40.2 Å². The van der Waals surface area contributed by atoms with Gasteiger partial charge in [-0.25, -0.2) is 14.8 Å². The van der Waals surface area contributed by atoms with Crippen LogP contribution in [0.4, 0.5) is 10.6 Å². The van der Waals surface area contributed by atoms with Crippen molar-refractivity contribution in [2.24, 2.45) is 0 Å². The molecule has 1 unspecified atom stereocenters. The van der Waals surface area contributed by atoms with E-state index in [0.717, 1.165) is 6.42 Å². The first-order valence-electron chi connectivity index (χ1n) is 6.48. The van der Waals surface area contributed by atoms with Crippen LogP contribution < -0.4 is 10.5 Å². The van der Waals surface area contributed by atoms with Gasteiger partial charge >= 0.3 is 6.09 Å². The smallest absolute Gasteiger partial charge is 0.410 e. The molecule has 1 amide bonds. The van der Waals surface area contributed by atoms with Crippen LogP contribution in [0.1, 0.15) is 38.9 Å². The highest BCUT2D eigenvalue weighted by Crippen LogP contribution is 2.34. The molecule has 0 aliphatic carbocycles. The summed E-state index contributed by atoms with van der Waals surface area (Å²) < 4.78 is 10.3. The second kappa shape index (κ2) is 5.15. The Kier molecular flexibility index (Phi) is 3.69. The van der Waals surface area contributed by atoms with Gasteiger partial charge in [0.25, 0.3) is 5.88 Å². The molecule has 1 atom stereocenters. The highest BCUT2D eigenvalue weighted by atomic mass is 16.6. The number of aromatic nitrogens is 2. The zero-order valence-corrected chi connectivity index (χ0v) is 12.2. The first kappa shape index (κ1) is 14.4. The van der Waals surface area contributed by atoms with Crippen molar-refractivity contribution >= 4 is 11.9 Å². The van der Waals surface area contributed by atoms with Gasteiger partial charge < -0.3 is 15.2 Å². The minimum absolute atomic E-state index is 0.134. The van der Waals surface area contributed by atoms with Gasteiger partial charge in [0.1, 0.15) is 5.60 Å². The molecule has 20 heavy (non-hydrogen) atoms. The number of nitrogens with two attached hydrogens (primary N) is 1. The third-order valence-electron chi connectivity index (χ3n) is 2.97. The zero-order chi connectivity index (χ0) is 14.9. The highest BCUT2D eigenvalue weighted by Gasteiger charge is 2.37. The number of rotatable bonds is 2. The van der Waals surface area contributed by atoms with Crippen molar-refractivity contribution in [3.05, 3.63) is 11.9 Å².